The van der Waals surface area contributed by atoms with Gasteiger partial charge in [-0.15, -0.1) is 0 Å². The molecule has 0 unspecified atom stereocenters. The number of anilines is 1. The number of nitrogens with one attached hydrogen (secondary N) is 1. The lowest BCUT2D eigenvalue weighted by molar-refractivity contribution is 0.353. The Morgan fingerprint density at radius 2 is 2.19 bits per heavy atom. The minimum absolute atomic E-state index is 0.103. The van der Waals surface area contributed by atoms with E-state index >= 15 is 0 Å². The number of hydrogen-bond acceptors (Lipinski definition) is 2. The van der Waals surface area contributed by atoms with Gasteiger partial charge in [-0.05, 0) is 48.0 Å². The van der Waals surface area contributed by atoms with Crippen molar-refractivity contribution in [3.8, 4) is 0 Å². The van der Waals surface area contributed by atoms with Crippen LogP contribution in [0.25, 0.3) is 0 Å². The molecule has 0 spiro atoms. The lowest BCUT2D eigenvalue weighted by Crippen LogP contribution is -2.57. The predicted octanol–water partition coefficient (Wildman–Crippen LogP) is 2.78. The van der Waals surface area contributed by atoms with E-state index in [1.807, 2.05) is 6.07 Å². The largest absolute Gasteiger partial charge is 0.368 e. The summed E-state index contributed by atoms with van der Waals surface area (Å²) in [6.45, 7) is 7.19. The molecule has 2 nitrogen and oxygen atoms in total. The highest BCUT2D eigenvalue weighted by Gasteiger charge is 2.26. The van der Waals surface area contributed by atoms with Crippen LogP contribution in [0.1, 0.15) is 13.8 Å². The summed E-state index contributed by atoms with van der Waals surface area (Å²) in [5.74, 6) is -0.204. The quantitative estimate of drug-likeness (QED) is 0.854. The van der Waals surface area contributed by atoms with Gasteiger partial charge in [0.15, 0.2) is 0 Å². The maximum Gasteiger partial charge on any atom is 0.124 e. The normalized spacial score (nSPS) is 19.9. The first-order valence-corrected chi connectivity index (χ1v) is 6.22. The Morgan fingerprint density at radius 3 is 2.81 bits per heavy atom. The molecule has 1 aliphatic rings. The molecule has 88 valence electrons. The summed E-state index contributed by atoms with van der Waals surface area (Å²) in [6.07, 6.45) is 0. The van der Waals surface area contributed by atoms with Gasteiger partial charge in [-0.25, -0.2) is 4.39 Å². The molecule has 0 atom stereocenters. The molecule has 1 aliphatic heterocycles. The molecule has 1 fully saturated rings. The van der Waals surface area contributed by atoms with Crippen molar-refractivity contribution >= 4 is 21.6 Å². The zero-order chi connectivity index (χ0) is 11.8. The minimum atomic E-state index is -0.204. The smallest absolute Gasteiger partial charge is 0.124 e. The molecule has 1 N–H and O–H groups in total. The average molecular weight is 287 g/mol. The fourth-order valence-electron chi connectivity index (χ4n) is 2.08. The van der Waals surface area contributed by atoms with Crippen molar-refractivity contribution in [2.24, 2.45) is 0 Å². The first-order chi connectivity index (χ1) is 7.48. The van der Waals surface area contributed by atoms with Crippen LogP contribution in [0.5, 0.6) is 0 Å². The third kappa shape index (κ3) is 2.55. The molecule has 1 aromatic rings. The third-order valence-corrected chi connectivity index (χ3v) is 3.46. The summed E-state index contributed by atoms with van der Waals surface area (Å²) in [6, 6.07) is 4.86. The predicted molar refractivity (Wildman–Crippen MR) is 68.4 cm³/mol. The first kappa shape index (κ1) is 11.9. The second-order valence-corrected chi connectivity index (χ2v) is 5.68. The van der Waals surface area contributed by atoms with Crippen molar-refractivity contribution < 1.29 is 4.39 Å². The van der Waals surface area contributed by atoms with Gasteiger partial charge in [-0.3, -0.25) is 0 Å². The molecule has 0 aromatic heterocycles. The van der Waals surface area contributed by atoms with Gasteiger partial charge in [0.25, 0.3) is 0 Å². The monoisotopic (exact) mass is 286 g/mol. The topological polar surface area (TPSA) is 15.3 Å². The molecular formula is C12H16BrFN2. The first-order valence-electron chi connectivity index (χ1n) is 5.43. The highest BCUT2D eigenvalue weighted by Crippen LogP contribution is 2.29. The second-order valence-electron chi connectivity index (χ2n) is 4.83. The van der Waals surface area contributed by atoms with Crippen LogP contribution in [0.2, 0.25) is 0 Å². The van der Waals surface area contributed by atoms with Crippen molar-refractivity contribution in [3.05, 3.63) is 28.5 Å². The SMILES string of the molecule is CC1(C)CN(c2ccc(F)cc2Br)CCN1. The molecule has 4 heteroatoms. The van der Waals surface area contributed by atoms with Crippen molar-refractivity contribution in [1.29, 1.82) is 0 Å². The van der Waals surface area contributed by atoms with E-state index in [0.717, 1.165) is 29.8 Å². The van der Waals surface area contributed by atoms with Crippen LogP contribution in [0, 0.1) is 5.82 Å². The molecule has 0 amide bonds. The molecule has 0 radical (unpaired) electrons. The van der Waals surface area contributed by atoms with Gasteiger partial charge in [0.2, 0.25) is 0 Å². The van der Waals surface area contributed by atoms with E-state index in [4.69, 9.17) is 0 Å². The molecule has 0 aliphatic carbocycles. The van der Waals surface area contributed by atoms with Crippen molar-refractivity contribution in [1.82, 2.24) is 5.32 Å². The van der Waals surface area contributed by atoms with Crippen LogP contribution in [0.15, 0.2) is 22.7 Å². The van der Waals surface area contributed by atoms with E-state index in [1.54, 1.807) is 0 Å². The summed E-state index contributed by atoms with van der Waals surface area (Å²) >= 11 is 3.42. The highest BCUT2D eigenvalue weighted by molar-refractivity contribution is 9.10. The Labute approximate surface area is 104 Å². The lowest BCUT2D eigenvalue weighted by Gasteiger charge is -2.40. The summed E-state index contributed by atoms with van der Waals surface area (Å²) in [5, 5.41) is 3.46. The lowest BCUT2D eigenvalue weighted by atomic mass is 10.0. The Balaban J connectivity index is 2.23. The van der Waals surface area contributed by atoms with E-state index in [1.165, 1.54) is 12.1 Å². The van der Waals surface area contributed by atoms with Crippen LogP contribution < -0.4 is 10.2 Å². The molecule has 1 aromatic carbocycles. The van der Waals surface area contributed by atoms with Crippen LogP contribution >= 0.6 is 15.9 Å². The third-order valence-electron chi connectivity index (χ3n) is 2.82. The van der Waals surface area contributed by atoms with Gasteiger partial charge in [0.05, 0.1) is 5.69 Å². The fraction of sp³-hybridized carbons (Fsp3) is 0.500. The molecule has 16 heavy (non-hydrogen) atoms. The number of halogens is 2. The molecule has 1 heterocycles. The van der Waals surface area contributed by atoms with Gasteiger partial charge in [-0.1, -0.05) is 0 Å². The molecule has 1 saturated heterocycles. The number of nitrogens with zero attached hydrogens (tertiary/aromatic N) is 1. The molecule has 0 saturated carbocycles. The maximum atomic E-state index is 13.0. The van der Waals surface area contributed by atoms with Crippen molar-refractivity contribution in [3.63, 3.8) is 0 Å². The fourth-order valence-corrected chi connectivity index (χ4v) is 2.69. The summed E-state index contributed by atoms with van der Waals surface area (Å²) in [5.41, 5.74) is 1.17. The maximum absolute atomic E-state index is 13.0. The van der Waals surface area contributed by atoms with Gasteiger partial charge < -0.3 is 10.2 Å². The van der Waals surface area contributed by atoms with E-state index < -0.39 is 0 Å². The molecule has 2 rings (SSSR count). The van der Waals surface area contributed by atoms with E-state index in [0.29, 0.717) is 0 Å². The van der Waals surface area contributed by atoms with Gasteiger partial charge in [-0.2, -0.15) is 0 Å². The number of piperazine rings is 1. The van der Waals surface area contributed by atoms with Crippen molar-refractivity contribution in [2.45, 2.75) is 19.4 Å². The van der Waals surface area contributed by atoms with Crippen LogP contribution in [-0.4, -0.2) is 25.2 Å². The Morgan fingerprint density at radius 1 is 1.44 bits per heavy atom. The highest BCUT2D eigenvalue weighted by atomic mass is 79.9. The Hall–Kier alpha value is -0.610. The van der Waals surface area contributed by atoms with Crippen LogP contribution in [0.4, 0.5) is 10.1 Å². The average Bonchev–Trinajstić information content (AvgIpc) is 2.15. The minimum Gasteiger partial charge on any atom is -0.368 e. The van der Waals surface area contributed by atoms with Gasteiger partial charge in [0, 0.05) is 29.6 Å². The molecule has 0 bridgehead atoms. The number of rotatable bonds is 1. The Kier molecular flexibility index (Phi) is 3.22. The van der Waals surface area contributed by atoms with Crippen molar-refractivity contribution in [2.75, 3.05) is 24.5 Å². The number of hydrogen-bond donors (Lipinski definition) is 1. The summed E-state index contributed by atoms with van der Waals surface area (Å²) in [7, 11) is 0. The summed E-state index contributed by atoms with van der Waals surface area (Å²) < 4.78 is 13.8. The number of benzene rings is 1. The zero-order valence-corrected chi connectivity index (χ0v) is 11.1. The standard InChI is InChI=1S/C12H16BrFN2/c1-12(2)8-16(6-5-15-12)11-4-3-9(14)7-10(11)13/h3-4,7,15H,5-6,8H2,1-2H3. The van der Waals surface area contributed by atoms with Crippen LogP contribution in [0.3, 0.4) is 0 Å². The Bertz CT molecular complexity index is 393. The van der Waals surface area contributed by atoms with Gasteiger partial charge >= 0.3 is 0 Å². The molecular weight excluding hydrogens is 271 g/mol. The second kappa shape index (κ2) is 4.34. The van der Waals surface area contributed by atoms with E-state index in [-0.39, 0.29) is 11.4 Å². The van der Waals surface area contributed by atoms with E-state index in [9.17, 15) is 4.39 Å². The van der Waals surface area contributed by atoms with Crippen LogP contribution in [-0.2, 0) is 0 Å². The summed E-state index contributed by atoms with van der Waals surface area (Å²) in [4.78, 5) is 2.28. The van der Waals surface area contributed by atoms with Gasteiger partial charge in [0.1, 0.15) is 5.82 Å². The van der Waals surface area contributed by atoms with E-state index in [2.05, 4.69) is 40.0 Å². The zero-order valence-electron chi connectivity index (χ0n) is 9.56.